The van der Waals surface area contributed by atoms with Gasteiger partial charge in [-0.25, -0.2) is 0 Å². The highest BCUT2D eigenvalue weighted by Gasteiger charge is 1.94. The predicted molar refractivity (Wildman–Crippen MR) is 72.6 cm³/mol. The van der Waals surface area contributed by atoms with E-state index in [1.54, 1.807) is 0 Å². The second-order valence-corrected chi connectivity index (χ2v) is 4.89. The lowest BCUT2D eigenvalue weighted by molar-refractivity contribution is 0.101. The van der Waals surface area contributed by atoms with Crippen LogP contribution in [0.4, 0.5) is 0 Å². The monoisotopic (exact) mass is 246 g/mol. The van der Waals surface area contributed by atoms with Crippen LogP contribution < -0.4 is 0 Å². The molecule has 0 spiro atoms. The SMILES string of the molecule is CN(C)CCOCCCCCOCCN(C)C. The van der Waals surface area contributed by atoms with Crippen LogP contribution in [-0.4, -0.2) is 77.5 Å². The molecule has 4 heteroatoms. The van der Waals surface area contributed by atoms with Crippen LogP contribution in [0.5, 0.6) is 0 Å². The van der Waals surface area contributed by atoms with E-state index in [2.05, 4.69) is 38.0 Å². The lowest BCUT2D eigenvalue weighted by Gasteiger charge is -2.10. The van der Waals surface area contributed by atoms with E-state index in [0.717, 1.165) is 52.4 Å². The summed E-state index contributed by atoms with van der Waals surface area (Å²) in [6, 6.07) is 0. The fraction of sp³-hybridized carbons (Fsp3) is 1.00. The second-order valence-electron chi connectivity index (χ2n) is 4.89. The Morgan fingerprint density at radius 3 is 1.35 bits per heavy atom. The van der Waals surface area contributed by atoms with Gasteiger partial charge in [-0.1, -0.05) is 0 Å². The summed E-state index contributed by atoms with van der Waals surface area (Å²) in [5, 5.41) is 0. The minimum absolute atomic E-state index is 0.840. The van der Waals surface area contributed by atoms with Crippen LogP contribution in [0.3, 0.4) is 0 Å². The Kier molecular flexibility index (Phi) is 12.2. The Morgan fingerprint density at radius 2 is 1.00 bits per heavy atom. The summed E-state index contributed by atoms with van der Waals surface area (Å²) in [4.78, 5) is 4.27. The van der Waals surface area contributed by atoms with Gasteiger partial charge in [0.2, 0.25) is 0 Å². The maximum atomic E-state index is 5.51. The number of rotatable bonds is 12. The van der Waals surface area contributed by atoms with Crippen molar-refractivity contribution >= 4 is 0 Å². The van der Waals surface area contributed by atoms with Gasteiger partial charge in [0.15, 0.2) is 0 Å². The molecule has 0 saturated carbocycles. The number of unbranched alkanes of at least 4 members (excludes halogenated alkanes) is 2. The van der Waals surface area contributed by atoms with Crippen molar-refractivity contribution in [2.75, 3.05) is 67.7 Å². The minimum atomic E-state index is 0.840. The van der Waals surface area contributed by atoms with Crippen LogP contribution in [0.25, 0.3) is 0 Å². The molecule has 4 nitrogen and oxygen atoms in total. The number of likely N-dealkylation sites (N-methyl/N-ethyl adjacent to an activating group) is 2. The standard InChI is InChI=1S/C13H30N2O2/c1-14(2)8-12-16-10-6-5-7-11-17-13-9-15(3)4/h5-13H2,1-4H3. The highest BCUT2D eigenvalue weighted by Crippen LogP contribution is 1.96. The molecule has 0 atom stereocenters. The Morgan fingerprint density at radius 1 is 0.588 bits per heavy atom. The maximum absolute atomic E-state index is 5.51. The molecule has 0 aromatic heterocycles. The van der Waals surface area contributed by atoms with E-state index in [1.165, 1.54) is 6.42 Å². The number of nitrogens with zero attached hydrogens (tertiary/aromatic N) is 2. The van der Waals surface area contributed by atoms with Gasteiger partial charge in [0, 0.05) is 26.3 Å². The van der Waals surface area contributed by atoms with Crippen LogP contribution in [0, 0.1) is 0 Å². The second kappa shape index (κ2) is 12.3. The largest absolute Gasteiger partial charge is 0.380 e. The van der Waals surface area contributed by atoms with Crippen LogP contribution in [0.1, 0.15) is 19.3 Å². The van der Waals surface area contributed by atoms with Crippen LogP contribution in [-0.2, 0) is 9.47 Å². The topological polar surface area (TPSA) is 24.9 Å². The lowest BCUT2D eigenvalue weighted by Crippen LogP contribution is -2.18. The zero-order valence-electron chi connectivity index (χ0n) is 12.1. The quantitative estimate of drug-likeness (QED) is 0.485. The molecule has 0 aromatic carbocycles. The smallest absolute Gasteiger partial charge is 0.0593 e. The molecule has 0 bridgehead atoms. The molecule has 0 fully saturated rings. The van der Waals surface area contributed by atoms with Crippen molar-refractivity contribution in [3.8, 4) is 0 Å². The van der Waals surface area contributed by atoms with Gasteiger partial charge in [-0.15, -0.1) is 0 Å². The fourth-order valence-electron chi connectivity index (χ4n) is 1.28. The fourth-order valence-corrected chi connectivity index (χ4v) is 1.28. The average Bonchev–Trinajstić information content (AvgIpc) is 2.25. The predicted octanol–water partition coefficient (Wildman–Crippen LogP) is 1.31. The highest BCUT2D eigenvalue weighted by molar-refractivity contribution is 4.44. The molecule has 0 amide bonds. The Balaban J connectivity index is 2.94. The van der Waals surface area contributed by atoms with E-state index in [1.807, 2.05) is 0 Å². The third-order valence-corrected chi connectivity index (χ3v) is 2.44. The van der Waals surface area contributed by atoms with Crippen LogP contribution in [0.15, 0.2) is 0 Å². The molecule has 0 aliphatic carbocycles. The van der Waals surface area contributed by atoms with Gasteiger partial charge in [0.1, 0.15) is 0 Å². The summed E-state index contributed by atoms with van der Waals surface area (Å²) in [7, 11) is 8.26. The summed E-state index contributed by atoms with van der Waals surface area (Å²) >= 11 is 0. The van der Waals surface area contributed by atoms with Crippen LogP contribution >= 0.6 is 0 Å². The molecular weight excluding hydrogens is 216 g/mol. The third kappa shape index (κ3) is 15.8. The zero-order chi connectivity index (χ0) is 12.9. The van der Waals surface area contributed by atoms with Crippen molar-refractivity contribution in [3.63, 3.8) is 0 Å². The normalized spacial score (nSPS) is 11.6. The van der Waals surface area contributed by atoms with Gasteiger partial charge < -0.3 is 19.3 Å². The first-order chi connectivity index (χ1) is 8.13. The molecule has 0 unspecified atom stereocenters. The zero-order valence-corrected chi connectivity index (χ0v) is 12.1. The summed E-state index contributed by atoms with van der Waals surface area (Å²) < 4.78 is 11.0. The van der Waals surface area contributed by atoms with E-state index < -0.39 is 0 Å². The minimum Gasteiger partial charge on any atom is -0.380 e. The lowest BCUT2D eigenvalue weighted by atomic mass is 10.2. The van der Waals surface area contributed by atoms with Crippen molar-refractivity contribution < 1.29 is 9.47 Å². The van der Waals surface area contributed by atoms with E-state index in [0.29, 0.717) is 0 Å². The average molecular weight is 246 g/mol. The molecule has 0 aliphatic heterocycles. The van der Waals surface area contributed by atoms with Gasteiger partial charge in [-0.2, -0.15) is 0 Å². The summed E-state index contributed by atoms with van der Waals surface area (Å²) in [6.07, 6.45) is 3.48. The van der Waals surface area contributed by atoms with Crippen molar-refractivity contribution in [1.29, 1.82) is 0 Å². The molecule has 0 heterocycles. The van der Waals surface area contributed by atoms with Crippen molar-refractivity contribution in [3.05, 3.63) is 0 Å². The van der Waals surface area contributed by atoms with Crippen molar-refractivity contribution in [2.45, 2.75) is 19.3 Å². The molecule has 0 radical (unpaired) electrons. The molecule has 0 saturated heterocycles. The first-order valence-electron chi connectivity index (χ1n) is 6.58. The van der Waals surface area contributed by atoms with Gasteiger partial charge in [-0.05, 0) is 47.5 Å². The summed E-state index contributed by atoms with van der Waals surface area (Å²) in [5.74, 6) is 0. The third-order valence-electron chi connectivity index (χ3n) is 2.44. The molecule has 0 rings (SSSR count). The molecule has 0 aliphatic rings. The van der Waals surface area contributed by atoms with Crippen molar-refractivity contribution in [2.24, 2.45) is 0 Å². The Hall–Kier alpha value is -0.160. The molecular formula is C13H30N2O2. The first-order valence-corrected chi connectivity index (χ1v) is 6.58. The Labute approximate surface area is 107 Å². The van der Waals surface area contributed by atoms with E-state index in [4.69, 9.17) is 9.47 Å². The van der Waals surface area contributed by atoms with Gasteiger partial charge in [0.25, 0.3) is 0 Å². The van der Waals surface area contributed by atoms with Gasteiger partial charge in [-0.3, -0.25) is 0 Å². The number of hydrogen-bond acceptors (Lipinski definition) is 4. The molecule has 0 N–H and O–H groups in total. The molecule has 104 valence electrons. The number of ether oxygens (including phenoxy) is 2. The Bertz CT molecular complexity index is 136. The summed E-state index contributed by atoms with van der Waals surface area (Å²) in [6.45, 7) is 5.46. The highest BCUT2D eigenvalue weighted by atomic mass is 16.5. The van der Waals surface area contributed by atoms with E-state index in [-0.39, 0.29) is 0 Å². The van der Waals surface area contributed by atoms with E-state index >= 15 is 0 Å². The maximum Gasteiger partial charge on any atom is 0.0593 e. The van der Waals surface area contributed by atoms with Crippen molar-refractivity contribution in [1.82, 2.24) is 9.80 Å². The van der Waals surface area contributed by atoms with Gasteiger partial charge >= 0.3 is 0 Å². The van der Waals surface area contributed by atoms with E-state index in [9.17, 15) is 0 Å². The van der Waals surface area contributed by atoms with Gasteiger partial charge in [0.05, 0.1) is 13.2 Å². The summed E-state index contributed by atoms with van der Waals surface area (Å²) in [5.41, 5.74) is 0. The molecule has 0 aromatic rings. The number of hydrogen-bond donors (Lipinski definition) is 0. The van der Waals surface area contributed by atoms with Crippen LogP contribution in [0.2, 0.25) is 0 Å². The first kappa shape index (κ1) is 16.8. The molecule has 17 heavy (non-hydrogen) atoms.